The molecular weight excluding hydrogens is 477 g/mol. The van der Waals surface area contributed by atoms with E-state index in [0.717, 1.165) is 9.13 Å². The maximum Gasteiger partial charge on any atom is 0.255 e. The van der Waals surface area contributed by atoms with Gasteiger partial charge >= 0.3 is 0 Å². The van der Waals surface area contributed by atoms with Crippen LogP contribution in [0.2, 0.25) is 5.02 Å². The van der Waals surface area contributed by atoms with Crippen LogP contribution in [0.25, 0.3) is 0 Å². The van der Waals surface area contributed by atoms with E-state index in [4.69, 9.17) is 21.1 Å². The Kier molecular flexibility index (Phi) is 6.58. The molecule has 1 N–H and O–H groups in total. The Morgan fingerprint density at radius 1 is 1.07 bits per heavy atom. The Morgan fingerprint density at radius 3 is 2.48 bits per heavy atom. The maximum atomic E-state index is 12.7. The molecule has 0 atom stereocenters. The Balaban J connectivity index is 1.84. The van der Waals surface area contributed by atoms with E-state index in [1.165, 1.54) is 0 Å². The molecule has 0 aliphatic carbocycles. The first-order valence-corrected chi connectivity index (χ1v) is 9.64. The fourth-order valence-corrected chi connectivity index (χ4v) is 3.50. The molecule has 0 saturated carbocycles. The summed E-state index contributed by atoms with van der Waals surface area (Å²) in [5.74, 6) is 0.839. The fraction of sp³-hybridized carbons (Fsp3) is 0.0952. The number of anilines is 1. The molecule has 3 rings (SSSR count). The van der Waals surface area contributed by atoms with Crippen LogP contribution in [-0.2, 0) is 6.61 Å². The van der Waals surface area contributed by atoms with E-state index in [1.807, 2.05) is 42.5 Å². The molecule has 0 spiro atoms. The highest BCUT2D eigenvalue weighted by Gasteiger charge is 2.16. The number of carbonyl (C=O) groups excluding carboxylic acids is 1. The number of benzene rings is 3. The molecular formula is C21H17ClINO3. The third-order valence-electron chi connectivity index (χ3n) is 3.84. The minimum Gasteiger partial charge on any atom is -0.492 e. The average Bonchev–Trinajstić information content (AvgIpc) is 2.68. The summed E-state index contributed by atoms with van der Waals surface area (Å²) in [6.07, 6.45) is 0. The molecule has 0 bridgehead atoms. The lowest BCUT2D eigenvalue weighted by Gasteiger charge is -2.15. The zero-order valence-corrected chi connectivity index (χ0v) is 17.5. The fourth-order valence-electron chi connectivity index (χ4n) is 2.50. The molecule has 3 aromatic rings. The van der Waals surface area contributed by atoms with Crippen LogP contribution in [0.4, 0.5) is 5.69 Å². The van der Waals surface area contributed by atoms with Crippen molar-refractivity contribution in [2.75, 3.05) is 12.4 Å². The zero-order chi connectivity index (χ0) is 19.2. The summed E-state index contributed by atoms with van der Waals surface area (Å²) in [7, 11) is 1.58. The molecule has 0 fully saturated rings. The van der Waals surface area contributed by atoms with Crippen LogP contribution in [0.15, 0.2) is 66.7 Å². The van der Waals surface area contributed by atoms with E-state index in [0.29, 0.717) is 34.4 Å². The second kappa shape index (κ2) is 9.10. The van der Waals surface area contributed by atoms with Gasteiger partial charge in [0.15, 0.2) is 11.5 Å². The number of hydrogen-bond donors (Lipinski definition) is 1. The smallest absolute Gasteiger partial charge is 0.255 e. The number of ether oxygens (including phenoxy) is 2. The van der Waals surface area contributed by atoms with E-state index >= 15 is 0 Å². The number of nitrogens with one attached hydrogen (secondary N) is 1. The lowest BCUT2D eigenvalue weighted by Crippen LogP contribution is -2.13. The van der Waals surface area contributed by atoms with Gasteiger partial charge in [0.2, 0.25) is 0 Å². The number of carbonyl (C=O) groups is 1. The van der Waals surface area contributed by atoms with Crippen molar-refractivity contribution in [3.63, 3.8) is 0 Å². The van der Waals surface area contributed by atoms with Gasteiger partial charge in [-0.25, -0.2) is 0 Å². The van der Waals surface area contributed by atoms with Crippen LogP contribution in [0.1, 0.15) is 15.9 Å². The summed E-state index contributed by atoms with van der Waals surface area (Å²) < 4.78 is 12.2. The minimum atomic E-state index is -0.270. The van der Waals surface area contributed by atoms with Crippen molar-refractivity contribution in [2.24, 2.45) is 0 Å². The van der Waals surface area contributed by atoms with Crippen molar-refractivity contribution in [1.82, 2.24) is 0 Å². The van der Waals surface area contributed by atoms with E-state index in [1.54, 1.807) is 31.4 Å². The summed E-state index contributed by atoms with van der Waals surface area (Å²) >= 11 is 8.25. The van der Waals surface area contributed by atoms with Gasteiger partial charge in [-0.2, -0.15) is 0 Å². The summed E-state index contributed by atoms with van der Waals surface area (Å²) in [5, 5.41) is 3.30. The Hall–Kier alpha value is -2.25. The topological polar surface area (TPSA) is 47.6 Å². The molecule has 0 heterocycles. The number of halogens is 2. The van der Waals surface area contributed by atoms with Crippen molar-refractivity contribution < 1.29 is 14.3 Å². The Morgan fingerprint density at radius 2 is 1.78 bits per heavy atom. The number of hydrogen-bond acceptors (Lipinski definition) is 3. The molecule has 0 aromatic heterocycles. The van der Waals surface area contributed by atoms with E-state index in [-0.39, 0.29) is 5.91 Å². The molecule has 0 saturated heterocycles. The lowest BCUT2D eigenvalue weighted by molar-refractivity contribution is 0.102. The van der Waals surface area contributed by atoms with Crippen LogP contribution in [-0.4, -0.2) is 13.0 Å². The molecule has 0 unspecified atom stereocenters. The SMILES string of the molecule is COc1c(I)cc(C(=O)Nc2ccccc2Cl)cc1OCc1ccccc1. The van der Waals surface area contributed by atoms with Crippen molar-refractivity contribution >= 4 is 45.8 Å². The average molecular weight is 494 g/mol. The highest BCUT2D eigenvalue weighted by Crippen LogP contribution is 2.35. The Bertz CT molecular complexity index is 947. The largest absolute Gasteiger partial charge is 0.492 e. The van der Waals surface area contributed by atoms with Crippen LogP contribution in [0, 0.1) is 3.57 Å². The second-order valence-corrected chi connectivity index (χ2v) is 7.27. The molecule has 0 aliphatic heterocycles. The maximum absolute atomic E-state index is 12.7. The quantitative estimate of drug-likeness (QED) is 0.443. The molecule has 0 aliphatic rings. The molecule has 138 valence electrons. The molecule has 0 radical (unpaired) electrons. The first kappa shape index (κ1) is 19.5. The van der Waals surface area contributed by atoms with Gasteiger partial charge in [0.1, 0.15) is 6.61 Å². The van der Waals surface area contributed by atoms with Crippen LogP contribution >= 0.6 is 34.2 Å². The summed E-state index contributed by atoms with van der Waals surface area (Å²) in [4.78, 5) is 12.7. The van der Waals surface area contributed by atoms with Crippen LogP contribution in [0.3, 0.4) is 0 Å². The minimum absolute atomic E-state index is 0.270. The number of para-hydroxylation sites is 1. The predicted molar refractivity (Wildman–Crippen MR) is 116 cm³/mol. The number of rotatable bonds is 6. The van der Waals surface area contributed by atoms with Gasteiger partial charge in [-0.1, -0.05) is 54.1 Å². The third-order valence-corrected chi connectivity index (χ3v) is 4.97. The predicted octanol–water partition coefficient (Wildman–Crippen LogP) is 5.78. The van der Waals surface area contributed by atoms with Gasteiger partial charge in [-0.05, 0) is 52.4 Å². The van der Waals surface area contributed by atoms with Gasteiger partial charge in [0, 0.05) is 5.56 Å². The standard InChI is InChI=1S/C21H17ClINO3/c1-26-20-17(23)11-15(21(25)24-18-10-6-5-9-16(18)22)12-19(20)27-13-14-7-3-2-4-8-14/h2-12H,13H2,1H3,(H,24,25). The normalized spacial score (nSPS) is 10.3. The van der Waals surface area contributed by atoms with E-state index in [9.17, 15) is 4.79 Å². The van der Waals surface area contributed by atoms with E-state index < -0.39 is 0 Å². The van der Waals surface area contributed by atoms with Gasteiger partial charge in [0.25, 0.3) is 5.91 Å². The van der Waals surface area contributed by atoms with Crippen molar-refractivity contribution in [1.29, 1.82) is 0 Å². The molecule has 4 nitrogen and oxygen atoms in total. The van der Waals surface area contributed by atoms with Crippen molar-refractivity contribution in [2.45, 2.75) is 6.61 Å². The number of amides is 1. The first-order chi connectivity index (χ1) is 13.1. The monoisotopic (exact) mass is 493 g/mol. The van der Waals surface area contributed by atoms with Crippen molar-refractivity contribution in [3.8, 4) is 11.5 Å². The molecule has 6 heteroatoms. The highest BCUT2D eigenvalue weighted by molar-refractivity contribution is 14.1. The first-order valence-electron chi connectivity index (χ1n) is 8.18. The van der Waals surface area contributed by atoms with Gasteiger partial charge < -0.3 is 14.8 Å². The second-order valence-electron chi connectivity index (χ2n) is 5.70. The van der Waals surface area contributed by atoms with Gasteiger partial charge in [0.05, 0.1) is 21.4 Å². The molecule has 1 amide bonds. The Labute approximate surface area is 176 Å². The zero-order valence-electron chi connectivity index (χ0n) is 14.5. The van der Waals surface area contributed by atoms with E-state index in [2.05, 4.69) is 27.9 Å². The molecule has 27 heavy (non-hydrogen) atoms. The molecule has 3 aromatic carbocycles. The summed E-state index contributed by atoms with van der Waals surface area (Å²) in [6.45, 7) is 0.378. The van der Waals surface area contributed by atoms with Crippen LogP contribution < -0.4 is 14.8 Å². The lowest BCUT2D eigenvalue weighted by atomic mass is 10.1. The van der Waals surface area contributed by atoms with Crippen molar-refractivity contribution in [3.05, 3.63) is 86.4 Å². The summed E-state index contributed by atoms with van der Waals surface area (Å²) in [5.41, 5.74) is 2.05. The van der Waals surface area contributed by atoms with Gasteiger partial charge in [-0.15, -0.1) is 0 Å². The summed E-state index contributed by atoms with van der Waals surface area (Å²) in [6, 6.07) is 20.3. The van der Waals surface area contributed by atoms with Gasteiger partial charge in [-0.3, -0.25) is 4.79 Å². The number of methoxy groups -OCH3 is 1. The highest BCUT2D eigenvalue weighted by atomic mass is 127. The third kappa shape index (κ3) is 4.93. The van der Waals surface area contributed by atoms with Crippen LogP contribution in [0.5, 0.6) is 11.5 Å².